The van der Waals surface area contributed by atoms with Crippen molar-refractivity contribution < 1.29 is 14.6 Å². The van der Waals surface area contributed by atoms with E-state index in [1.54, 1.807) is 0 Å². The van der Waals surface area contributed by atoms with E-state index in [0.717, 1.165) is 25.1 Å². The van der Waals surface area contributed by atoms with Crippen LogP contribution in [0.2, 0.25) is 0 Å². The highest BCUT2D eigenvalue weighted by Crippen LogP contribution is 2.21. The lowest BCUT2D eigenvalue weighted by molar-refractivity contribution is -0.0775. The molecule has 0 unspecified atom stereocenters. The van der Waals surface area contributed by atoms with E-state index < -0.39 is 5.60 Å². The molecule has 0 bridgehead atoms. The smallest absolute Gasteiger partial charge is 0.119 e. The lowest BCUT2D eigenvalue weighted by Gasteiger charge is -2.35. The first-order chi connectivity index (χ1) is 9.57. The van der Waals surface area contributed by atoms with Crippen LogP contribution >= 0.6 is 0 Å². The van der Waals surface area contributed by atoms with Crippen molar-refractivity contribution in [1.82, 2.24) is 4.90 Å². The Hall–Kier alpha value is -1.10. The predicted molar refractivity (Wildman–Crippen MR) is 79.2 cm³/mol. The summed E-state index contributed by atoms with van der Waals surface area (Å²) in [6.45, 7) is 5.48. The van der Waals surface area contributed by atoms with Gasteiger partial charge in [-0.25, -0.2) is 0 Å². The Morgan fingerprint density at radius 3 is 2.80 bits per heavy atom. The maximum atomic E-state index is 10.4. The lowest BCUT2D eigenvalue weighted by atomic mass is 9.94. The van der Waals surface area contributed by atoms with Crippen LogP contribution in [0.25, 0.3) is 0 Å². The Morgan fingerprint density at radius 1 is 1.35 bits per heavy atom. The van der Waals surface area contributed by atoms with Gasteiger partial charge in [-0.05, 0) is 31.7 Å². The number of likely N-dealkylation sites (N-methyl/N-ethyl adjacent to an activating group) is 1. The topological polar surface area (TPSA) is 41.9 Å². The van der Waals surface area contributed by atoms with Crippen LogP contribution < -0.4 is 4.74 Å². The number of hydrogen-bond donors (Lipinski definition) is 1. The van der Waals surface area contributed by atoms with Crippen LogP contribution in [-0.2, 0) is 4.74 Å². The molecule has 1 heterocycles. The van der Waals surface area contributed by atoms with Crippen molar-refractivity contribution in [3.8, 4) is 5.75 Å². The van der Waals surface area contributed by atoms with Crippen LogP contribution in [0.4, 0.5) is 0 Å². The second-order valence-corrected chi connectivity index (χ2v) is 5.74. The average Bonchev–Trinajstić information content (AvgIpc) is 2.39. The molecule has 0 saturated carbocycles. The van der Waals surface area contributed by atoms with Crippen molar-refractivity contribution >= 4 is 0 Å². The van der Waals surface area contributed by atoms with Crippen molar-refractivity contribution in [3.63, 3.8) is 0 Å². The molecule has 0 aliphatic carbocycles. The molecule has 4 nitrogen and oxygen atoms in total. The summed E-state index contributed by atoms with van der Waals surface area (Å²) < 4.78 is 11.0. The Bertz CT molecular complexity index is 416. The third kappa shape index (κ3) is 4.78. The number of benzene rings is 1. The van der Waals surface area contributed by atoms with Crippen molar-refractivity contribution in [3.05, 3.63) is 29.8 Å². The molecule has 20 heavy (non-hydrogen) atoms. The first-order valence-corrected chi connectivity index (χ1v) is 7.26. The molecule has 1 aromatic rings. The van der Waals surface area contributed by atoms with Crippen LogP contribution in [0.15, 0.2) is 24.3 Å². The number of nitrogens with zero attached hydrogens (tertiary/aromatic N) is 1. The van der Waals surface area contributed by atoms with Crippen molar-refractivity contribution in [1.29, 1.82) is 0 Å². The fourth-order valence-electron chi connectivity index (χ4n) is 2.52. The Labute approximate surface area is 121 Å². The normalized spacial score (nSPS) is 18.2. The molecule has 1 N–H and O–H groups in total. The molecule has 0 radical (unpaired) electrons. The van der Waals surface area contributed by atoms with Crippen molar-refractivity contribution in [2.24, 2.45) is 0 Å². The summed E-state index contributed by atoms with van der Waals surface area (Å²) >= 11 is 0. The van der Waals surface area contributed by atoms with E-state index in [2.05, 4.69) is 17.9 Å². The van der Waals surface area contributed by atoms with Gasteiger partial charge in [0.05, 0.1) is 5.60 Å². The summed E-state index contributed by atoms with van der Waals surface area (Å²) in [5.74, 6) is 0.906. The molecule has 0 aromatic heterocycles. The minimum absolute atomic E-state index is 0.601. The number of aryl methyl sites for hydroxylation is 1. The van der Waals surface area contributed by atoms with Crippen molar-refractivity contribution in [2.75, 3.05) is 40.0 Å². The summed E-state index contributed by atoms with van der Waals surface area (Å²) in [7, 11) is 2.02. The van der Waals surface area contributed by atoms with Crippen LogP contribution in [0, 0.1) is 6.92 Å². The molecule has 112 valence electrons. The van der Waals surface area contributed by atoms with E-state index in [4.69, 9.17) is 9.47 Å². The van der Waals surface area contributed by atoms with Gasteiger partial charge in [0.1, 0.15) is 12.4 Å². The van der Waals surface area contributed by atoms with Gasteiger partial charge >= 0.3 is 0 Å². The maximum absolute atomic E-state index is 10.4. The van der Waals surface area contributed by atoms with Crippen LogP contribution in [0.1, 0.15) is 18.4 Å². The molecular formula is C16H25NO3. The number of hydrogen-bond acceptors (Lipinski definition) is 4. The third-order valence-electron chi connectivity index (χ3n) is 3.72. The highest BCUT2D eigenvalue weighted by molar-refractivity contribution is 5.27. The van der Waals surface area contributed by atoms with Gasteiger partial charge in [-0.15, -0.1) is 0 Å². The van der Waals surface area contributed by atoms with Gasteiger partial charge in [0.25, 0.3) is 0 Å². The summed E-state index contributed by atoms with van der Waals surface area (Å²) in [6.07, 6.45) is 1.44. The van der Waals surface area contributed by atoms with E-state index in [1.165, 1.54) is 5.56 Å². The summed E-state index contributed by atoms with van der Waals surface area (Å²) in [5.41, 5.74) is 0.600. The van der Waals surface area contributed by atoms with E-state index in [-0.39, 0.29) is 0 Å². The van der Waals surface area contributed by atoms with E-state index in [9.17, 15) is 5.11 Å². The number of aliphatic hydroxyl groups is 1. The van der Waals surface area contributed by atoms with Crippen LogP contribution in [-0.4, -0.2) is 55.6 Å². The monoisotopic (exact) mass is 279 g/mol. The highest BCUT2D eigenvalue weighted by Gasteiger charge is 2.30. The number of ether oxygens (including phenoxy) is 2. The van der Waals surface area contributed by atoms with Crippen molar-refractivity contribution in [2.45, 2.75) is 25.4 Å². The first kappa shape index (κ1) is 15.3. The highest BCUT2D eigenvalue weighted by atomic mass is 16.5. The molecule has 1 saturated heterocycles. The van der Waals surface area contributed by atoms with Gasteiger partial charge in [-0.3, -0.25) is 0 Å². The van der Waals surface area contributed by atoms with Gasteiger partial charge in [0.2, 0.25) is 0 Å². The van der Waals surface area contributed by atoms with Crippen LogP contribution in [0.3, 0.4) is 0 Å². The molecular weight excluding hydrogens is 254 g/mol. The zero-order valence-electron chi connectivity index (χ0n) is 12.5. The minimum atomic E-state index is -0.601. The maximum Gasteiger partial charge on any atom is 0.119 e. The first-order valence-electron chi connectivity index (χ1n) is 7.26. The second-order valence-electron chi connectivity index (χ2n) is 5.74. The largest absolute Gasteiger partial charge is 0.492 e. The second kappa shape index (κ2) is 7.07. The molecule has 2 rings (SSSR count). The molecule has 1 aromatic carbocycles. The quantitative estimate of drug-likeness (QED) is 0.863. The summed E-state index contributed by atoms with van der Waals surface area (Å²) in [5, 5.41) is 10.4. The summed E-state index contributed by atoms with van der Waals surface area (Å²) in [6, 6.07) is 8.06. The van der Waals surface area contributed by atoms with E-state index >= 15 is 0 Å². The molecule has 4 heteroatoms. The van der Waals surface area contributed by atoms with E-state index in [0.29, 0.717) is 26.4 Å². The van der Waals surface area contributed by atoms with Gasteiger partial charge in [-0.2, -0.15) is 0 Å². The fourth-order valence-corrected chi connectivity index (χ4v) is 2.52. The standard InChI is InChI=1S/C16H25NO3/c1-14-4-3-5-15(12-14)20-11-8-17(2)13-16(18)6-9-19-10-7-16/h3-5,12,18H,6-11,13H2,1-2H3. The molecule has 1 aliphatic rings. The third-order valence-corrected chi connectivity index (χ3v) is 3.72. The summed E-state index contributed by atoms with van der Waals surface area (Å²) in [4.78, 5) is 2.13. The Balaban J connectivity index is 1.71. The predicted octanol–water partition coefficient (Wildman–Crippen LogP) is 1.85. The van der Waals surface area contributed by atoms with Crippen LogP contribution in [0.5, 0.6) is 5.75 Å². The molecule has 1 fully saturated rings. The molecule has 0 spiro atoms. The van der Waals surface area contributed by atoms with Gasteiger partial charge in [-0.1, -0.05) is 12.1 Å². The number of rotatable bonds is 6. The minimum Gasteiger partial charge on any atom is -0.492 e. The fraction of sp³-hybridized carbons (Fsp3) is 0.625. The van der Waals surface area contributed by atoms with Gasteiger partial charge in [0, 0.05) is 39.1 Å². The SMILES string of the molecule is Cc1cccc(OCCN(C)CC2(O)CCOCC2)c1. The molecule has 0 amide bonds. The zero-order chi connectivity index (χ0) is 14.4. The Morgan fingerprint density at radius 2 is 2.10 bits per heavy atom. The molecule has 1 aliphatic heterocycles. The van der Waals surface area contributed by atoms with Gasteiger partial charge in [0.15, 0.2) is 0 Å². The lowest BCUT2D eigenvalue weighted by Crippen LogP contribution is -2.46. The average molecular weight is 279 g/mol. The van der Waals surface area contributed by atoms with Gasteiger partial charge < -0.3 is 19.5 Å². The molecule has 0 atom stereocenters. The van der Waals surface area contributed by atoms with E-state index in [1.807, 2.05) is 25.2 Å². The zero-order valence-corrected chi connectivity index (χ0v) is 12.5. The Kier molecular flexibility index (Phi) is 5.40.